The van der Waals surface area contributed by atoms with Crippen LogP contribution in [0.4, 0.5) is 0 Å². The number of carbonyl (C=O) groups is 1. The van der Waals surface area contributed by atoms with Crippen LogP contribution in [-0.4, -0.2) is 11.0 Å². The zero-order valence-electron chi connectivity index (χ0n) is 12.6. The molecule has 0 radical (unpaired) electrons. The molecule has 0 aliphatic rings. The first kappa shape index (κ1) is 15.7. The summed E-state index contributed by atoms with van der Waals surface area (Å²) < 4.78 is 0. The Hall–Kier alpha value is -1.65. The van der Waals surface area contributed by atoms with Gasteiger partial charge in [0.15, 0.2) is 6.10 Å². The third-order valence-electron chi connectivity index (χ3n) is 3.51. The van der Waals surface area contributed by atoms with Crippen molar-refractivity contribution in [3.63, 3.8) is 0 Å². The van der Waals surface area contributed by atoms with Gasteiger partial charge in [-0.2, -0.15) is 0 Å². The third-order valence-corrected chi connectivity index (χ3v) is 5.07. The lowest BCUT2D eigenvalue weighted by Crippen LogP contribution is -2.31. The van der Waals surface area contributed by atoms with E-state index in [4.69, 9.17) is 0 Å². The van der Waals surface area contributed by atoms with Crippen molar-refractivity contribution in [3.8, 4) is 0 Å². The van der Waals surface area contributed by atoms with Crippen molar-refractivity contribution in [2.75, 3.05) is 0 Å². The Morgan fingerprint density at radius 1 is 1.33 bits per heavy atom. The van der Waals surface area contributed by atoms with Crippen molar-refractivity contribution in [2.45, 2.75) is 39.3 Å². The molecule has 4 heteroatoms. The van der Waals surface area contributed by atoms with Crippen LogP contribution in [0.25, 0.3) is 0 Å². The van der Waals surface area contributed by atoms with E-state index in [9.17, 15) is 9.90 Å². The highest BCUT2D eigenvalue weighted by Gasteiger charge is 2.20. The average molecular weight is 303 g/mol. The highest BCUT2D eigenvalue weighted by molar-refractivity contribution is 7.12. The molecule has 2 N–H and O–H groups in total. The molecule has 2 rings (SSSR count). The molecule has 1 heterocycles. The van der Waals surface area contributed by atoms with Crippen molar-refractivity contribution < 1.29 is 9.90 Å². The first-order chi connectivity index (χ1) is 10.0. The SMILES string of the molecule is CCc1sc([C@H](C)NC(=O)[C@@H](O)c2ccccc2)cc1C. The molecule has 1 aromatic heterocycles. The lowest BCUT2D eigenvalue weighted by Gasteiger charge is -2.16. The van der Waals surface area contributed by atoms with Gasteiger partial charge in [0, 0.05) is 9.75 Å². The van der Waals surface area contributed by atoms with Gasteiger partial charge in [0.2, 0.25) is 0 Å². The number of hydrogen-bond acceptors (Lipinski definition) is 3. The van der Waals surface area contributed by atoms with Crippen molar-refractivity contribution in [1.29, 1.82) is 0 Å². The Morgan fingerprint density at radius 3 is 2.57 bits per heavy atom. The second kappa shape index (κ2) is 6.87. The molecule has 0 aliphatic heterocycles. The molecule has 1 amide bonds. The van der Waals surface area contributed by atoms with Gasteiger partial charge in [-0.25, -0.2) is 0 Å². The van der Waals surface area contributed by atoms with E-state index in [1.165, 1.54) is 10.4 Å². The summed E-state index contributed by atoms with van der Waals surface area (Å²) in [6.45, 7) is 6.16. The topological polar surface area (TPSA) is 49.3 Å². The molecule has 0 spiro atoms. The minimum atomic E-state index is -1.12. The van der Waals surface area contributed by atoms with Crippen LogP contribution in [-0.2, 0) is 11.2 Å². The molecule has 1 aromatic carbocycles. The zero-order valence-corrected chi connectivity index (χ0v) is 13.4. The number of rotatable bonds is 5. The molecule has 3 nitrogen and oxygen atoms in total. The Bertz CT molecular complexity index is 607. The Morgan fingerprint density at radius 2 is 2.00 bits per heavy atom. The van der Waals surface area contributed by atoms with Gasteiger partial charge in [0.1, 0.15) is 0 Å². The summed E-state index contributed by atoms with van der Waals surface area (Å²) in [5.41, 5.74) is 1.88. The number of thiophene rings is 1. The number of benzene rings is 1. The Labute approximate surface area is 129 Å². The molecule has 21 heavy (non-hydrogen) atoms. The molecule has 0 fully saturated rings. The molecule has 0 saturated heterocycles. The van der Waals surface area contributed by atoms with E-state index < -0.39 is 6.10 Å². The first-order valence-corrected chi connectivity index (χ1v) is 7.97. The zero-order chi connectivity index (χ0) is 15.4. The van der Waals surface area contributed by atoms with E-state index in [1.807, 2.05) is 25.1 Å². The molecule has 0 saturated carbocycles. The summed E-state index contributed by atoms with van der Waals surface area (Å²) in [5, 5.41) is 13.0. The predicted molar refractivity (Wildman–Crippen MR) is 86.4 cm³/mol. The summed E-state index contributed by atoms with van der Waals surface area (Å²) in [7, 11) is 0. The van der Waals surface area contributed by atoms with E-state index in [2.05, 4.69) is 25.2 Å². The number of aliphatic hydroxyl groups is 1. The van der Waals surface area contributed by atoms with Crippen molar-refractivity contribution >= 4 is 17.2 Å². The van der Waals surface area contributed by atoms with Gasteiger partial charge in [-0.15, -0.1) is 11.3 Å². The lowest BCUT2D eigenvalue weighted by atomic mass is 10.1. The number of aliphatic hydroxyl groups excluding tert-OH is 1. The van der Waals surface area contributed by atoms with Crippen LogP contribution >= 0.6 is 11.3 Å². The van der Waals surface area contributed by atoms with Gasteiger partial charge < -0.3 is 10.4 Å². The van der Waals surface area contributed by atoms with E-state index in [0.717, 1.165) is 11.3 Å². The summed E-state index contributed by atoms with van der Waals surface area (Å²) in [6.07, 6.45) is -0.121. The number of amides is 1. The summed E-state index contributed by atoms with van der Waals surface area (Å²) >= 11 is 1.72. The first-order valence-electron chi connectivity index (χ1n) is 7.15. The van der Waals surface area contributed by atoms with Crippen LogP contribution in [0.5, 0.6) is 0 Å². The second-order valence-electron chi connectivity index (χ2n) is 5.15. The van der Waals surface area contributed by atoms with Crippen LogP contribution in [0, 0.1) is 6.92 Å². The maximum absolute atomic E-state index is 12.1. The third kappa shape index (κ3) is 3.71. The molecule has 0 unspecified atom stereocenters. The van der Waals surface area contributed by atoms with Gasteiger partial charge in [-0.1, -0.05) is 37.3 Å². The number of aryl methyl sites for hydroxylation is 2. The van der Waals surface area contributed by atoms with Gasteiger partial charge in [-0.05, 0) is 37.5 Å². The highest BCUT2D eigenvalue weighted by Crippen LogP contribution is 2.28. The maximum atomic E-state index is 12.1. The summed E-state index contributed by atoms with van der Waals surface area (Å²) in [6, 6.07) is 11.0. The standard InChI is InChI=1S/C17H21NO2S/c1-4-14-11(2)10-15(21-14)12(3)18-17(20)16(19)13-8-6-5-7-9-13/h5-10,12,16,19H,4H2,1-3H3,(H,18,20)/t12-,16-/m0/s1. The second-order valence-corrected chi connectivity index (χ2v) is 6.32. The van der Waals surface area contributed by atoms with E-state index in [0.29, 0.717) is 5.56 Å². The van der Waals surface area contributed by atoms with E-state index in [-0.39, 0.29) is 11.9 Å². The number of hydrogen-bond donors (Lipinski definition) is 2. The smallest absolute Gasteiger partial charge is 0.253 e. The fraction of sp³-hybridized carbons (Fsp3) is 0.353. The van der Waals surface area contributed by atoms with Gasteiger partial charge in [0.05, 0.1) is 6.04 Å². The van der Waals surface area contributed by atoms with Gasteiger partial charge in [-0.3, -0.25) is 4.79 Å². The van der Waals surface area contributed by atoms with Crippen LogP contribution in [0.1, 0.15) is 46.9 Å². The lowest BCUT2D eigenvalue weighted by molar-refractivity contribution is -0.130. The number of carbonyl (C=O) groups excluding carboxylic acids is 1. The maximum Gasteiger partial charge on any atom is 0.253 e. The molecular weight excluding hydrogens is 282 g/mol. The van der Waals surface area contributed by atoms with E-state index >= 15 is 0 Å². The fourth-order valence-corrected chi connectivity index (χ4v) is 3.38. The van der Waals surface area contributed by atoms with Gasteiger partial charge >= 0.3 is 0 Å². The van der Waals surface area contributed by atoms with Crippen LogP contribution in [0.3, 0.4) is 0 Å². The molecule has 112 valence electrons. The fourth-order valence-electron chi connectivity index (χ4n) is 2.26. The van der Waals surface area contributed by atoms with Crippen molar-refractivity contribution in [3.05, 3.63) is 57.3 Å². The van der Waals surface area contributed by atoms with Crippen LogP contribution < -0.4 is 5.32 Å². The largest absolute Gasteiger partial charge is 0.378 e. The quantitative estimate of drug-likeness (QED) is 0.887. The molecule has 2 aromatic rings. The van der Waals surface area contributed by atoms with Crippen molar-refractivity contribution in [2.24, 2.45) is 0 Å². The van der Waals surface area contributed by atoms with Crippen LogP contribution in [0.15, 0.2) is 36.4 Å². The number of nitrogens with one attached hydrogen (secondary N) is 1. The average Bonchev–Trinajstić information content (AvgIpc) is 2.88. The predicted octanol–water partition coefficient (Wildman–Crippen LogP) is 3.53. The highest BCUT2D eigenvalue weighted by atomic mass is 32.1. The van der Waals surface area contributed by atoms with E-state index in [1.54, 1.807) is 23.5 Å². The molecule has 0 bridgehead atoms. The normalized spacial score (nSPS) is 13.7. The molecule has 0 aliphatic carbocycles. The van der Waals surface area contributed by atoms with Crippen LogP contribution in [0.2, 0.25) is 0 Å². The minimum Gasteiger partial charge on any atom is -0.378 e. The molecule has 2 atom stereocenters. The van der Waals surface area contributed by atoms with Crippen molar-refractivity contribution in [1.82, 2.24) is 5.32 Å². The minimum absolute atomic E-state index is 0.0973. The Kier molecular flexibility index (Phi) is 5.15. The summed E-state index contributed by atoms with van der Waals surface area (Å²) in [4.78, 5) is 14.6. The monoisotopic (exact) mass is 303 g/mol. The van der Waals surface area contributed by atoms with Gasteiger partial charge in [0.25, 0.3) is 5.91 Å². The molecular formula is C17H21NO2S. The summed E-state index contributed by atoms with van der Waals surface area (Å²) in [5.74, 6) is -0.363. The Balaban J connectivity index is 2.04.